The van der Waals surface area contributed by atoms with Gasteiger partial charge >= 0.3 is 0 Å². The quantitative estimate of drug-likeness (QED) is 0.670. The first kappa shape index (κ1) is 19.5. The third-order valence-electron chi connectivity index (χ3n) is 3.67. The van der Waals surface area contributed by atoms with E-state index in [1.807, 2.05) is 20.8 Å². The van der Waals surface area contributed by atoms with Crippen molar-refractivity contribution in [1.82, 2.24) is 4.98 Å². The maximum atomic E-state index is 13.3. The van der Waals surface area contributed by atoms with Crippen molar-refractivity contribution in [3.05, 3.63) is 54.3 Å². The number of nitrogens with one attached hydrogen (secondary N) is 1. The molecule has 3 aromatic rings. The predicted molar refractivity (Wildman–Crippen MR) is 108 cm³/mol. The molecule has 1 heterocycles. The second-order valence-corrected chi connectivity index (χ2v) is 9.71. The number of anilines is 1. The molecule has 3 rings (SSSR count). The van der Waals surface area contributed by atoms with Crippen LogP contribution >= 0.6 is 11.3 Å². The normalized spacial score (nSPS) is 12.2. The van der Waals surface area contributed by atoms with Crippen molar-refractivity contribution >= 4 is 26.5 Å². The van der Waals surface area contributed by atoms with E-state index in [-0.39, 0.29) is 16.3 Å². The zero-order chi connectivity index (χ0) is 19.8. The molecular weight excluding hydrogens is 385 g/mol. The van der Waals surface area contributed by atoms with Crippen molar-refractivity contribution in [3.63, 3.8) is 0 Å². The Morgan fingerprint density at radius 1 is 1.00 bits per heavy atom. The smallest absolute Gasteiger partial charge is 0.238 e. The number of aromatic nitrogens is 1. The molecule has 0 aliphatic heterocycles. The third-order valence-corrected chi connectivity index (χ3v) is 5.62. The Morgan fingerprint density at radius 3 is 2.07 bits per heavy atom. The zero-order valence-electron chi connectivity index (χ0n) is 15.2. The monoisotopic (exact) mass is 405 g/mol. The van der Waals surface area contributed by atoms with Crippen molar-refractivity contribution < 1.29 is 12.8 Å². The minimum absolute atomic E-state index is 0.0483. The molecular formula is C19H20FN3O2S2. The van der Waals surface area contributed by atoms with Crippen LogP contribution in [0, 0.1) is 5.82 Å². The zero-order valence-corrected chi connectivity index (χ0v) is 16.8. The molecule has 3 N–H and O–H groups in total. The molecule has 0 spiro atoms. The summed E-state index contributed by atoms with van der Waals surface area (Å²) in [5, 5.41) is 9.25. The van der Waals surface area contributed by atoms with E-state index in [2.05, 4.69) is 10.3 Å². The van der Waals surface area contributed by atoms with E-state index in [4.69, 9.17) is 5.14 Å². The lowest BCUT2D eigenvalue weighted by Gasteiger charge is -2.19. The second kappa shape index (κ2) is 7.03. The summed E-state index contributed by atoms with van der Waals surface area (Å²) in [7, 11) is -3.75. The highest BCUT2D eigenvalue weighted by molar-refractivity contribution is 7.89. The largest absolute Gasteiger partial charge is 0.357 e. The molecule has 0 aliphatic carbocycles. The SMILES string of the molecule is CC(C)(C)Nc1nc(-c2ccc(F)cc2)c(-c2ccc(S(N)(=O)=O)cc2)s1. The second-order valence-electron chi connectivity index (χ2n) is 7.15. The number of nitrogens with two attached hydrogens (primary N) is 1. The van der Waals surface area contributed by atoms with Gasteiger partial charge in [-0.3, -0.25) is 0 Å². The summed E-state index contributed by atoms with van der Waals surface area (Å²) in [6.45, 7) is 6.10. The Hall–Kier alpha value is -2.29. The van der Waals surface area contributed by atoms with Crippen LogP contribution in [0.3, 0.4) is 0 Å². The van der Waals surface area contributed by atoms with Crippen LogP contribution in [0.4, 0.5) is 9.52 Å². The molecule has 0 bridgehead atoms. The van der Waals surface area contributed by atoms with Crippen molar-refractivity contribution in [1.29, 1.82) is 0 Å². The molecule has 0 unspecified atom stereocenters. The van der Waals surface area contributed by atoms with Gasteiger partial charge in [0, 0.05) is 11.1 Å². The fourth-order valence-corrected chi connectivity index (χ4v) is 4.21. The lowest BCUT2D eigenvalue weighted by atomic mass is 10.1. The van der Waals surface area contributed by atoms with Crippen molar-refractivity contribution in [2.45, 2.75) is 31.2 Å². The molecule has 0 amide bonds. The number of hydrogen-bond acceptors (Lipinski definition) is 5. The number of thiazole rings is 1. The summed E-state index contributed by atoms with van der Waals surface area (Å²) in [5.41, 5.74) is 2.11. The molecule has 0 saturated heterocycles. The van der Waals surface area contributed by atoms with E-state index in [0.717, 1.165) is 21.1 Å². The Balaban J connectivity index is 2.11. The molecule has 1 aromatic heterocycles. The van der Waals surface area contributed by atoms with Gasteiger partial charge in [0.2, 0.25) is 10.0 Å². The highest BCUT2D eigenvalue weighted by atomic mass is 32.2. The third kappa shape index (κ3) is 4.71. The van der Waals surface area contributed by atoms with Gasteiger partial charge in [-0.25, -0.2) is 22.9 Å². The first-order valence-corrected chi connectivity index (χ1v) is 10.6. The van der Waals surface area contributed by atoms with E-state index in [1.165, 1.54) is 35.6 Å². The summed E-state index contributed by atoms with van der Waals surface area (Å²) in [6.07, 6.45) is 0. The van der Waals surface area contributed by atoms with Gasteiger partial charge in [-0.2, -0.15) is 0 Å². The minimum atomic E-state index is -3.75. The van der Waals surface area contributed by atoms with E-state index in [9.17, 15) is 12.8 Å². The van der Waals surface area contributed by atoms with Gasteiger partial charge in [-0.1, -0.05) is 23.5 Å². The summed E-state index contributed by atoms with van der Waals surface area (Å²) in [4.78, 5) is 5.59. The maximum absolute atomic E-state index is 13.3. The Morgan fingerprint density at radius 2 is 1.56 bits per heavy atom. The van der Waals surface area contributed by atoms with Gasteiger partial charge in [0.25, 0.3) is 0 Å². The van der Waals surface area contributed by atoms with Crippen LogP contribution in [0.15, 0.2) is 53.4 Å². The van der Waals surface area contributed by atoms with Crippen LogP contribution in [-0.2, 0) is 10.0 Å². The van der Waals surface area contributed by atoms with Crippen molar-refractivity contribution in [3.8, 4) is 21.7 Å². The van der Waals surface area contributed by atoms with Crippen molar-refractivity contribution in [2.24, 2.45) is 5.14 Å². The molecule has 27 heavy (non-hydrogen) atoms. The molecule has 0 fully saturated rings. The van der Waals surface area contributed by atoms with Crippen LogP contribution in [0.25, 0.3) is 21.7 Å². The maximum Gasteiger partial charge on any atom is 0.238 e. The number of benzene rings is 2. The number of sulfonamides is 1. The topological polar surface area (TPSA) is 85.1 Å². The van der Waals surface area contributed by atoms with E-state index in [0.29, 0.717) is 5.69 Å². The molecule has 0 saturated carbocycles. The predicted octanol–water partition coefficient (Wildman–Crippen LogP) is 4.47. The van der Waals surface area contributed by atoms with Gasteiger partial charge in [-0.15, -0.1) is 0 Å². The number of primary sulfonamides is 1. The summed E-state index contributed by atoms with van der Waals surface area (Å²) < 4.78 is 36.3. The molecule has 142 valence electrons. The fourth-order valence-electron chi connectivity index (χ4n) is 2.49. The van der Waals surface area contributed by atoms with Crippen LogP contribution in [0.1, 0.15) is 20.8 Å². The van der Waals surface area contributed by atoms with Crippen LogP contribution in [-0.4, -0.2) is 18.9 Å². The van der Waals surface area contributed by atoms with Crippen LogP contribution < -0.4 is 10.5 Å². The Kier molecular flexibility index (Phi) is 5.07. The number of halogens is 1. The summed E-state index contributed by atoms with van der Waals surface area (Å²) in [5.74, 6) is -0.318. The van der Waals surface area contributed by atoms with E-state index < -0.39 is 10.0 Å². The first-order chi connectivity index (χ1) is 12.5. The van der Waals surface area contributed by atoms with E-state index >= 15 is 0 Å². The Bertz CT molecular complexity index is 1050. The van der Waals surface area contributed by atoms with Gasteiger partial charge in [0.1, 0.15) is 5.82 Å². The molecule has 0 radical (unpaired) electrons. The number of rotatable bonds is 4. The van der Waals surface area contributed by atoms with Gasteiger partial charge in [0.05, 0.1) is 15.5 Å². The molecule has 2 aromatic carbocycles. The molecule has 5 nitrogen and oxygen atoms in total. The van der Waals surface area contributed by atoms with Gasteiger partial charge < -0.3 is 5.32 Å². The number of hydrogen-bond donors (Lipinski definition) is 2. The summed E-state index contributed by atoms with van der Waals surface area (Å²) >= 11 is 1.46. The summed E-state index contributed by atoms with van der Waals surface area (Å²) in [6, 6.07) is 12.5. The molecule has 0 aliphatic rings. The highest BCUT2D eigenvalue weighted by Crippen LogP contribution is 2.40. The first-order valence-electron chi connectivity index (χ1n) is 8.21. The highest BCUT2D eigenvalue weighted by Gasteiger charge is 2.19. The number of nitrogens with zero attached hydrogens (tertiary/aromatic N) is 1. The lowest BCUT2D eigenvalue weighted by molar-refractivity contribution is 0.598. The van der Waals surface area contributed by atoms with Gasteiger partial charge in [-0.05, 0) is 62.7 Å². The van der Waals surface area contributed by atoms with E-state index in [1.54, 1.807) is 24.3 Å². The lowest BCUT2D eigenvalue weighted by Crippen LogP contribution is -2.25. The van der Waals surface area contributed by atoms with Crippen LogP contribution in [0.2, 0.25) is 0 Å². The van der Waals surface area contributed by atoms with Crippen molar-refractivity contribution in [2.75, 3.05) is 5.32 Å². The average molecular weight is 406 g/mol. The van der Waals surface area contributed by atoms with Gasteiger partial charge in [0.15, 0.2) is 5.13 Å². The molecule has 8 heteroatoms. The molecule has 0 atom stereocenters. The Labute approximate surface area is 162 Å². The standard InChI is InChI=1S/C19H20FN3O2S2/c1-19(2,3)23-18-22-16(12-4-8-14(20)9-5-12)17(26-18)13-6-10-15(11-7-13)27(21,24)25/h4-11H,1-3H3,(H,22,23)(H2,21,24,25). The average Bonchev–Trinajstić information content (AvgIpc) is 2.96. The van der Waals surface area contributed by atoms with Crippen LogP contribution in [0.5, 0.6) is 0 Å². The minimum Gasteiger partial charge on any atom is -0.357 e. The fraction of sp³-hybridized carbons (Fsp3) is 0.211.